The Morgan fingerprint density at radius 3 is 2.64 bits per heavy atom. The highest BCUT2D eigenvalue weighted by Crippen LogP contribution is 2.49. The van der Waals surface area contributed by atoms with Crippen LogP contribution in [0.3, 0.4) is 0 Å². The van der Waals surface area contributed by atoms with Gasteiger partial charge in [0, 0.05) is 5.56 Å². The van der Waals surface area contributed by atoms with E-state index in [4.69, 9.17) is 9.47 Å². The summed E-state index contributed by atoms with van der Waals surface area (Å²) in [4.78, 5) is 26.6. The second-order valence-electron chi connectivity index (χ2n) is 7.09. The summed E-state index contributed by atoms with van der Waals surface area (Å²) < 4.78 is 11.3. The molecule has 0 aromatic heterocycles. The van der Waals surface area contributed by atoms with E-state index in [-0.39, 0.29) is 11.8 Å². The van der Waals surface area contributed by atoms with Crippen molar-refractivity contribution in [2.75, 3.05) is 11.5 Å². The number of carbonyl (C=O) groups is 2. The number of hydrogen-bond acceptors (Lipinski definition) is 4. The van der Waals surface area contributed by atoms with Gasteiger partial charge in [0.25, 0.3) is 5.91 Å². The third-order valence-electron chi connectivity index (χ3n) is 3.95. The monoisotopic (exact) mass is 303 g/mol. The molecule has 0 bridgehead atoms. The summed E-state index contributed by atoms with van der Waals surface area (Å²) in [5, 5.41) is 0. The van der Waals surface area contributed by atoms with Crippen molar-refractivity contribution in [1.29, 1.82) is 0 Å². The Morgan fingerprint density at radius 2 is 2.05 bits per heavy atom. The lowest BCUT2D eigenvalue weighted by molar-refractivity contribution is -0.137. The van der Waals surface area contributed by atoms with Gasteiger partial charge in [0.15, 0.2) is 5.60 Å². The first-order valence-electron chi connectivity index (χ1n) is 7.55. The zero-order chi connectivity index (χ0) is 16.1. The zero-order valence-corrected chi connectivity index (χ0v) is 13.4. The van der Waals surface area contributed by atoms with Crippen LogP contribution in [0.25, 0.3) is 0 Å². The third kappa shape index (κ3) is 2.20. The lowest BCUT2D eigenvalue weighted by Gasteiger charge is -2.25. The van der Waals surface area contributed by atoms with Crippen LogP contribution in [-0.4, -0.2) is 24.2 Å². The summed E-state index contributed by atoms with van der Waals surface area (Å²) >= 11 is 0. The molecule has 22 heavy (non-hydrogen) atoms. The Balaban J connectivity index is 2.03. The molecule has 5 nitrogen and oxygen atoms in total. The van der Waals surface area contributed by atoms with Crippen molar-refractivity contribution in [3.63, 3.8) is 0 Å². The maximum Gasteiger partial charge on any atom is 0.421 e. The van der Waals surface area contributed by atoms with Crippen molar-refractivity contribution in [1.82, 2.24) is 0 Å². The third-order valence-corrected chi connectivity index (χ3v) is 3.95. The van der Waals surface area contributed by atoms with E-state index in [0.717, 1.165) is 10.5 Å². The Hall–Kier alpha value is -1.88. The summed E-state index contributed by atoms with van der Waals surface area (Å²) in [6.45, 7) is 7.90. The van der Waals surface area contributed by atoms with E-state index in [1.807, 2.05) is 19.1 Å². The molecule has 2 aliphatic rings. The van der Waals surface area contributed by atoms with E-state index >= 15 is 0 Å². The second-order valence-corrected chi connectivity index (χ2v) is 7.09. The molecular formula is C17H21NO4. The summed E-state index contributed by atoms with van der Waals surface area (Å²) in [7, 11) is 0. The van der Waals surface area contributed by atoms with Gasteiger partial charge in [0.2, 0.25) is 0 Å². The number of fused-ring (bicyclic) bond motifs is 2. The SMILES string of the molecule is C[C@@H]1CO[C@@]2(C1)C(=O)N(C(=O)OC(C)(C)C)c1ccccc12. The first-order chi connectivity index (χ1) is 10.2. The molecule has 2 heterocycles. The largest absolute Gasteiger partial charge is 0.443 e. The summed E-state index contributed by atoms with van der Waals surface area (Å²) in [5.41, 5.74) is -0.371. The van der Waals surface area contributed by atoms with Gasteiger partial charge in [-0.15, -0.1) is 0 Å². The van der Waals surface area contributed by atoms with E-state index in [1.165, 1.54) is 0 Å². The first-order valence-corrected chi connectivity index (χ1v) is 7.55. The highest BCUT2D eigenvalue weighted by Gasteiger charge is 2.57. The highest BCUT2D eigenvalue weighted by molar-refractivity contribution is 6.20. The molecule has 0 saturated carbocycles. The molecule has 2 atom stereocenters. The van der Waals surface area contributed by atoms with Crippen molar-refractivity contribution >= 4 is 17.7 Å². The van der Waals surface area contributed by atoms with E-state index in [2.05, 4.69) is 0 Å². The molecule has 1 saturated heterocycles. The number of nitrogens with zero attached hydrogens (tertiary/aromatic N) is 1. The molecule has 1 aromatic carbocycles. The fourth-order valence-corrected chi connectivity index (χ4v) is 3.13. The molecule has 2 aliphatic heterocycles. The van der Waals surface area contributed by atoms with Gasteiger partial charge in [0.1, 0.15) is 5.60 Å². The second kappa shape index (κ2) is 4.81. The molecule has 0 radical (unpaired) electrons. The summed E-state index contributed by atoms with van der Waals surface area (Å²) in [6, 6.07) is 7.29. The smallest absolute Gasteiger partial charge is 0.421 e. The molecular weight excluding hydrogens is 282 g/mol. The van der Waals surface area contributed by atoms with Crippen LogP contribution in [0.15, 0.2) is 24.3 Å². The Labute approximate surface area is 130 Å². The van der Waals surface area contributed by atoms with Gasteiger partial charge >= 0.3 is 6.09 Å². The molecule has 1 fully saturated rings. The lowest BCUT2D eigenvalue weighted by Crippen LogP contribution is -2.45. The molecule has 0 aliphatic carbocycles. The number of carbonyl (C=O) groups excluding carboxylic acids is 2. The van der Waals surface area contributed by atoms with Gasteiger partial charge in [-0.05, 0) is 39.2 Å². The van der Waals surface area contributed by atoms with Crippen LogP contribution in [0.5, 0.6) is 0 Å². The van der Waals surface area contributed by atoms with Crippen molar-refractivity contribution in [2.45, 2.75) is 45.3 Å². The molecule has 5 heteroatoms. The van der Waals surface area contributed by atoms with Crippen LogP contribution < -0.4 is 4.90 Å². The summed E-state index contributed by atoms with van der Waals surface area (Å²) in [5.74, 6) is -0.0668. The minimum Gasteiger partial charge on any atom is -0.443 e. The van der Waals surface area contributed by atoms with Crippen molar-refractivity contribution in [3.8, 4) is 0 Å². The lowest BCUT2D eigenvalue weighted by atomic mass is 9.89. The van der Waals surface area contributed by atoms with Gasteiger partial charge < -0.3 is 9.47 Å². The number of anilines is 1. The normalized spacial score (nSPS) is 27.4. The Kier molecular flexibility index (Phi) is 3.29. The van der Waals surface area contributed by atoms with Crippen LogP contribution in [0.1, 0.15) is 39.7 Å². The fraction of sp³-hybridized carbons (Fsp3) is 0.529. The first kappa shape index (κ1) is 15.0. The number of amides is 2. The van der Waals surface area contributed by atoms with Gasteiger partial charge in [-0.25, -0.2) is 9.69 Å². The predicted octanol–water partition coefficient (Wildman–Crippen LogP) is 3.22. The maximum atomic E-state index is 13.0. The topological polar surface area (TPSA) is 55.8 Å². The van der Waals surface area contributed by atoms with Gasteiger partial charge in [-0.3, -0.25) is 4.79 Å². The number of benzene rings is 1. The zero-order valence-electron chi connectivity index (χ0n) is 13.4. The van der Waals surface area contributed by atoms with Gasteiger partial charge in [-0.2, -0.15) is 0 Å². The van der Waals surface area contributed by atoms with Crippen LogP contribution in [-0.2, 0) is 19.9 Å². The predicted molar refractivity (Wildman–Crippen MR) is 81.6 cm³/mol. The van der Waals surface area contributed by atoms with E-state index in [9.17, 15) is 9.59 Å². The number of para-hydroxylation sites is 1. The van der Waals surface area contributed by atoms with Crippen LogP contribution in [0.4, 0.5) is 10.5 Å². The van der Waals surface area contributed by atoms with Crippen LogP contribution >= 0.6 is 0 Å². The molecule has 1 spiro atoms. The van der Waals surface area contributed by atoms with Crippen LogP contribution in [0.2, 0.25) is 0 Å². The molecule has 1 aromatic rings. The average Bonchev–Trinajstić information content (AvgIpc) is 2.90. The summed E-state index contributed by atoms with van der Waals surface area (Å²) in [6.07, 6.45) is -0.0627. The molecule has 2 amide bonds. The molecule has 0 unspecified atom stereocenters. The quantitative estimate of drug-likeness (QED) is 0.738. The minimum absolute atomic E-state index is 0.274. The Bertz CT molecular complexity index is 634. The molecule has 3 rings (SSSR count). The van der Waals surface area contributed by atoms with E-state index in [0.29, 0.717) is 18.7 Å². The standard InChI is InChI=1S/C17H21NO4/c1-11-9-17(21-10-11)12-7-5-6-8-13(12)18(14(17)19)15(20)22-16(2,3)4/h5-8,11H,9-10H2,1-4H3/t11-,17+/m0/s1. The van der Waals surface area contributed by atoms with Crippen molar-refractivity contribution in [3.05, 3.63) is 29.8 Å². The van der Waals surface area contributed by atoms with E-state index < -0.39 is 17.3 Å². The van der Waals surface area contributed by atoms with Crippen LogP contribution in [0, 0.1) is 5.92 Å². The van der Waals surface area contributed by atoms with Gasteiger partial charge in [0.05, 0.1) is 12.3 Å². The van der Waals surface area contributed by atoms with Gasteiger partial charge in [-0.1, -0.05) is 25.1 Å². The highest BCUT2D eigenvalue weighted by atomic mass is 16.6. The fourth-order valence-electron chi connectivity index (χ4n) is 3.13. The molecule has 118 valence electrons. The van der Waals surface area contributed by atoms with Crippen molar-refractivity contribution in [2.24, 2.45) is 5.92 Å². The molecule has 0 N–H and O–H groups in total. The Morgan fingerprint density at radius 1 is 1.36 bits per heavy atom. The minimum atomic E-state index is -1.03. The number of hydrogen-bond donors (Lipinski definition) is 0. The number of ether oxygens (including phenoxy) is 2. The average molecular weight is 303 g/mol. The van der Waals surface area contributed by atoms with E-state index in [1.54, 1.807) is 32.9 Å². The maximum absolute atomic E-state index is 13.0. The number of rotatable bonds is 0. The van der Waals surface area contributed by atoms with Crippen molar-refractivity contribution < 1.29 is 19.1 Å². The number of imide groups is 1.